The van der Waals surface area contributed by atoms with Crippen molar-refractivity contribution in [3.05, 3.63) is 63.1 Å². The molecule has 1 aliphatic rings. The summed E-state index contributed by atoms with van der Waals surface area (Å²) in [7, 11) is -3.44. The molecule has 8 heteroatoms. The highest BCUT2D eigenvalue weighted by Crippen LogP contribution is 2.47. The van der Waals surface area contributed by atoms with Gasteiger partial charge in [0.1, 0.15) is 0 Å². The van der Waals surface area contributed by atoms with Crippen molar-refractivity contribution < 1.29 is 13.2 Å². The molecule has 3 rings (SSSR count). The number of halogens is 2. The molecular formula is C18H18Cl2N2O3S. The molecule has 0 saturated heterocycles. The molecule has 0 spiro atoms. The molecule has 1 atom stereocenters. The van der Waals surface area contributed by atoms with Gasteiger partial charge in [0.05, 0.1) is 10.4 Å². The van der Waals surface area contributed by atoms with Crippen LogP contribution in [0, 0.1) is 0 Å². The van der Waals surface area contributed by atoms with Crippen LogP contribution in [0.25, 0.3) is 0 Å². The molecule has 0 aliphatic carbocycles. The third kappa shape index (κ3) is 2.86. The molecule has 0 aromatic heterocycles. The molecule has 2 aromatic rings. The highest BCUT2D eigenvalue weighted by atomic mass is 35.5. The SMILES string of the molecule is CC1(c2c(Cl)cccc2Cl)c2cccc(S(C)(=O)=O)c2CCN1C(N)=O. The van der Waals surface area contributed by atoms with Gasteiger partial charge in [0.25, 0.3) is 0 Å². The van der Waals surface area contributed by atoms with E-state index < -0.39 is 21.4 Å². The summed E-state index contributed by atoms with van der Waals surface area (Å²) in [6.45, 7) is 2.04. The number of primary amides is 1. The minimum absolute atomic E-state index is 0.244. The Morgan fingerprint density at radius 3 is 2.27 bits per heavy atom. The number of carbonyl (C=O) groups excluding carboxylic acids is 1. The van der Waals surface area contributed by atoms with E-state index in [1.165, 1.54) is 11.2 Å². The van der Waals surface area contributed by atoms with E-state index in [4.69, 9.17) is 28.9 Å². The molecule has 0 saturated carbocycles. The minimum atomic E-state index is -3.44. The Morgan fingerprint density at radius 2 is 1.73 bits per heavy atom. The van der Waals surface area contributed by atoms with Crippen molar-refractivity contribution in [3.8, 4) is 0 Å². The first-order valence-corrected chi connectivity index (χ1v) is 10.6. The molecule has 2 N–H and O–H groups in total. The van der Waals surface area contributed by atoms with Gasteiger partial charge in [-0.2, -0.15) is 0 Å². The Hall–Kier alpha value is -1.76. The molecule has 1 heterocycles. The van der Waals surface area contributed by atoms with Crippen LogP contribution in [-0.2, 0) is 21.8 Å². The largest absolute Gasteiger partial charge is 0.351 e. The van der Waals surface area contributed by atoms with Crippen LogP contribution in [0.2, 0.25) is 10.0 Å². The van der Waals surface area contributed by atoms with Gasteiger partial charge in [-0.05, 0) is 42.7 Å². The molecule has 0 bridgehead atoms. The fourth-order valence-corrected chi connectivity index (χ4v) is 5.53. The van der Waals surface area contributed by atoms with Gasteiger partial charge < -0.3 is 10.6 Å². The average molecular weight is 413 g/mol. The van der Waals surface area contributed by atoms with Crippen LogP contribution in [0.15, 0.2) is 41.3 Å². The van der Waals surface area contributed by atoms with E-state index in [0.29, 0.717) is 33.2 Å². The van der Waals surface area contributed by atoms with E-state index in [1.807, 2.05) is 0 Å². The van der Waals surface area contributed by atoms with E-state index in [0.717, 1.165) is 0 Å². The number of fused-ring (bicyclic) bond motifs is 1. The van der Waals surface area contributed by atoms with Gasteiger partial charge in [0, 0.05) is 28.4 Å². The van der Waals surface area contributed by atoms with Crippen molar-refractivity contribution >= 4 is 39.1 Å². The van der Waals surface area contributed by atoms with Crippen LogP contribution >= 0.6 is 23.2 Å². The zero-order chi connectivity index (χ0) is 19.3. The third-order valence-corrected chi connectivity index (χ3v) is 6.71. The number of nitrogens with two attached hydrogens (primary N) is 1. The summed E-state index contributed by atoms with van der Waals surface area (Å²) in [6, 6.07) is 9.47. The van der Waals surface area contributed by atoms with Crippen molar-refractivity contribution in [2.24, 2.45) is 5.73 Å². The predicted octanol–water partition coefficient (Wildman–Crippen LogP) is 3.60. The summed E-state index contributed by atoms with van der Waals surface area (Å²) in [5.41, 5.74) is 6.39. The molecular weight excluding hydrogens is 395 g/mol. The lowest BCUT2D eigenvalue weighted by Gasteiger charge is -2.46. The van der Waals surface area contributed by atoms with E-state index in [2.05, 4.69) is 0 Å². The number of carbonyl (C=O) groups is 1. The highest BCUT2D eigenvalue weighted by molar-refractivity contribution is 7.90. The Bertz CT molecular complexity index is 987. The summed E-state index contributed by atoms with van der Waals surface area (Å²) in [4.78, 5) is 13.9. The number of rotatable bonds is 2. The summed E-state index contributed by atoms with van der Waals surface area (Å²) in [5, 5.41) is 0.757. The zero-order valence-corrected chi connectivity index (χ0v) is 16.6. The smallest absolute Gasteiger partial charge is 0.315 e. The lowest BCUT2D eigenvalue weighted by Crippen LogP contribution is -2.54. The van der Waals surface area contributed by atoms with Gasteiger partial charge in [-0.15, -0.1) is 0 Å². The Balaban J connectivity index is 2.41. The number of urea groups is 1. The summed E-state index contributed by atoms with van der Waals surface area (Å²) in [5.74, 6) is 0. The normalized spacial score (nSPS) is 19.9. The van der Waals surface area contributed by atoms with Gasteiger partial charge in [0.2, 0.25) is 0 Å². The standard InChI is InChI=1S/C18H18Cl2N2O3S/c1-18(16-13(19)6-4-7-14(16)20)12-5-3-8-15(26(2,24)25)11(12)9-10-22(18)17(21)23/h3-8H,9-10H2,1-2H3,(H2,21,23). The fourth-order valence-electron chi connectivity index (χ4n) is 3.78. The summed E-state index contributed by atoms with van der Waals surface area (Å²) >= 11 is 12.9. The monoisotopic (exact) mass is 412 g/mol. The second-order valence-corrected chi connectivity index (χ2v) is 9.26. The quantitative estimate of drug-likeness (QED) is 0.817. The van der Waals surface area contributed by atoms with Crippen molar-refractivity contribution in [2.45, 2.75) is 23.8 Å². The van der Waals surface area contributed by atoms with Crippen molar-refractivity contribution in [1.29, 1.82) is 0 Å². The minimum Gasteiger partial charge on any atom is -0.351 e. The van der Waals surface area contributed by atoms with Crippen LogP contribution in [0.4, 0.5) is 4.79 Å². The number of hydrogen-bond acceptors (Lipinski definition) is 3. The number of amides is 2. The predicted molar refractivity (Wildman–Crippen MR) is 102 cm³/mol. The molecule has 2 aromatic carbocycles. The van der Waals surface area contributed by atoms with Crippen LogP contribution in [0.5, 0.6) is 0 Å². The van der Waals surface area contributed by atoms with Crippen LogP contribution in [0.1, 0.15) is 23.6 Å². The first-order valence-electron chi connectivity index (χ1n) is 7.92. The van der Waals surface area contributed by atoms with E-state index in [9.17, 15) is 13.2 Å². The fraction of sp³-hybridized carbons (Fsp3) is 0.278. The third-order valence-electron chi connectivity index (χ3n) is 4.90. The molecule has 0 fully saturated rings. The topological polar surface area (TPSA) is 80.5 Å². The van der Waals surface area contributed by atoms with Crippen molar-refractivity contribution in [3.63, 3.8) is 0 Å². The summed E-state index contributed by atoms with van der Waals surface area (Å²) in [6.07, 6.45) is 1.54. The number of sulfone groups is 1. The van der Waals surface area contributed by atoms with Crippen molar-refractivity contribution in [1.82, 2.24) is 4.90 Å². The second kappa shape index (κ2) is 6.44. The maximum absolute atomic E-state index is 12.2. The number of nitrogens with zero attached hydrogens (tertiary/aromatic N) is 1. The molecule has 5 nitrogen and oxygen atoms in total. The molecule has 0 radical (unpaired) electrons. The van der Waals surface area contributed by atoms with E-state index >= 15 is 0 Å². The van der Waals surface area contributed by atoms with Gasteiger partial charge >= 0.3 is 6.03 Å². The lowest BCUT2D eigenvalue weighted by molar-refractivity contribution is 0.146. The van der Waals surface area contributed by atoms with Gasteiger partial charge in [-0.1, -0.05) is 41.4 Å². The summed E-state index contributed by atoms with van der Waals surface area (Å²) < 4.78 is 24.5. The maximum Gasteiger partial charge on any atom is 0.315 e. The van der Waals surface area contributed by atoms with Crippen molar-refractivity contribution in [2.75, 3.05) is 12.8 Å². The average Bonchev–Trinajstić information content (AvgIpc) is 2.53. The molecule has 2 amide bonds. The maximum atomic E-state index is 12.2. The first kappa shape index (κ1) is 19.0. The van der Waals surface area contributed by atoms with Crippen LogP contribution in [0.3, 0.4) is 0 Å². The Labute approximate surface area is 162 Å². The number of benzene rings is 2. The molecule has 1 aliphatic heterocycles. The van der Waals surface area contributed by atoms with Gasteiger partial charge in [0.15, 0.2) is 9.84 Å². The molecule has 26 heavy (non-hydrogen) atoms. The van der Waals surface area contributed by atoms with Gasteiger partial charge in [-0.3, -0.25) is 0 Å². The Kier molecular flexibility index (Phi) is 4.71. The van der Waals surface area contributed by atoms with Crippen LogP contribution in [-0.4, -0.2) is 32.1 Å². The second-order valence-electron chi connectivity index (χ2n) is 6.46. The number of hydrogen-bond donors (Lipinski definition) is 1. The Morgan fingerprint density at radius 1 is 1.15 bits per heavy atom. The van der Waals surface area contributed by atoms with Gasteiger partial charge in [-0.25, -0.2) is 13.2 Å². The van der Waals surface area contributed by atoms with Crippen LogP contribution < -0.4 is 5.73 Å². The highest BCUT2D eigenvalue weighted by Gasteiger charge is 2.45. The zero-order valence-electron chi connectivity index (χ0n) is 14.3. The van der Waals surface area contributed by atoms with E-state index in [1.54, 1.807) is 43.3 Å². The lowest BCUT2D eigenvalue weighted by atomic mass is 9.77. The first-order chi connectivity index (χ1) is 12.1. The molecule has 138 valence electrons. The van der Waals surface area contributed by atoms with E-state index in [-0.39, 0.29) is 11.4 Å². The molecule has 1 unspecified atom stereocenters.